The molecule has 1 fully saturated rings. The van der Waals surface area contributed by atoms with Gasteiger partial charge in [-0.25, -0.2) is 15.0 Å². The fourth-order valence-corrected chi connectivity index (χ4v) is 2.50. The van der Waals surface area contributed by atoms with Gasteiger partial charge in [0, 0.05) is 32.9 Å². The van der Waals surface area contributed by atoms with Crippen LogP contribution < -0.4 is 10.1 Å². The number of hydrogen-bond donors (Lipinski definition) is 1. The van der Waals surface area contributed by atoms with E-state index in [1.165, 1.54) is 12.8 Å². The van der Waals surface area contributed by atoms with Crippen LogP contribution in [0.5, 0.6) is 5.88 Å². The van der Waals surface area contributed by atoms with Gasteiger partial charge in [-0.15, -0.1) is 24.0 Å². The third-order valence-electron chi connectivity index (χ3n) is 4.25. The summed E-state index contributed by atoms with van der Waals surface area (Å²) >= 11 is 0. The number of nitrogens with one attached hydrogen (secondary N) is 1. The van der Waals surface area contributed by atoms with Crippen LogP contribution in [0.25, 0.3) is 0 Å². The maximum absolute atomic E-state index is 5.75. The van der Waals surface area contributed by atoms with Crippen LogP contribution in [0.3, 0.4) is 0 Å². The lowest BCUT2D eigenvalue weighted by molar-refractivity contribution is 0.288. The Morgan fingerprint density at radius 2 is 2.22 bits per heavy atom. The van der Waals surface area contributed by atoms with Crippen LogP contribution in [0, 0.1) is 5.92 Å². The first kappa shape index (κ1) is 21.4. The van der Waals surface area contributed by atoms with Crippen molar-refractivity contribution in [1.82, 2.24) is 30.0 Å². The lowest BCUT2D eigenvalue weighted by Crippen LogP contribution is -2.39. The van der Waals surface area contributed by atoms with Gasteiger partial charge in [0.15, 0.2) is 5.96 Å². The second kappa shape index (κ2) is 10.4. The van der Waals surface area contributed by atoms with Crippen LogP contribution in [0.15, 0.2) is 29.6 Å². The van der Waals surface area contributed by atoms with E-state index in [0.717, 1.165) is 30.5 Å². The molecule has 1 aliphatic rings. The summed E-state index contributed by atoms with van der Waals surface area (Å²) in [6.45, 7) is 4.82. The number of nitrogens with zero attached hydrogens (tertiary/aromatic N) is 6. The lowest BCUT2D eigenvalue weighted by Gasteiger charge is -2.21. The van der Waals surface area contributed by atoms with E-state index in [4.69, 9.17) is 9.73 Å². The van der Waals surface area contributed by atoms with E-state index >= 15 is 0 Å². The SMILES string of the molecule is CCNC(=NCc1ccnc(OCC2CC2)c1)N(C)Cc1ncnn1C.I. The van der Waals surface area contributed by atoms with Crippen molar-refractivity contribution in [2.75, 3.05) is 20.2 Å². The lowest BCUT2D eigenvalue weighted by atomic mass is 10.3. The third-order valence-corrected chi connectivity index (χ3v) is 4.25. The van der Waals surface area contributed by atoms with Crippen molar-refractivity contribution in [3.63, 3.8) is 0 Å². The van der Waals surface area contributed by atoms with Crippen molar-refractivity contribution in [3.05, 3.63) is 36.0 Å². The molecule has 2 aromatic heterocycles. The van der Waals surface area contributed by atoms with Crippen LogP contribution in [-0.4, -0.2) is 50.8 Å². The first-order chi connectivity index (χ1) is 12.7. The van der Waals surface area contributed by atoms with Crippen molar-refractivity contribution in [2.24, 2.45) is 18.0 Å². The number of aliphatic imine (C=N–C) groups is 1. The second-order valence-electron chi connectivity index (χ2n) is 6.58. The Bertz CT molecular complexity index is 745. The summed E-state index contributed by atoms with van der Waals surface area (Å²) in [7, 11) is 3.88. The maximum Gasteiger partial charge on any atom is 0.213 e. The highest BCUT2D eigenvalue weighted by molar-refractivity contribution is 14.0. The van der Waals surface area contributed by atoms with E-state index in [1.807, 2.05) is 31.1 Å². The average molecular weight is 485 g/mol. The molecular formula is C18H28IN7O. The molecule has 1 aliphatic carbocycles. The Morgan fingerprint density at radius 3 is 2.89 bits per heavy atom. The fourth-order valence-electron chi connectivity index (χ4n) is 2.50. The van der Waals surface area contributed by atoms with Crippen LogP contribution in [0.2, 0.25) is 0 Å². The Hall–Kier alpha value is -1.91. The molecule has 1 N–H and O–H groups in total. The molecule has 0 aliphatic heterocycles. The van der Waals surface area contributed by atoms with Crippen molar-refractivity contribution in [1.29, 1.82) is 0 Å². The smallest absolute Gasteiger partial charge is 0.213 e. The zero-order valence-electron chi connectivity index (χ0n) is 16.1. The van der Waals surface area contributed by atoms with Crippen molar-refractivity contribution in [3.8, 4) is 5.88 Å². The number of ether oxygens (including phenoxy) is 1. The molecule has 0 unspecified atom stereocenters. The molecular weight excluding hydrogens is 457 g/mol. The van der Waals surface area contributed by atoms with Gasteiger partial charge < -0.3 is 15.0 Å². The van der Waals surface area contributed by atoms with Crippen molar-refractivity contribution in [2.45, 2.75) is 32.9 Å². The van der Waals surface area contributed by atoms with E-state index in [-0.39, 0.29) is 24.0 Å². The Balaban J connectivity index is 0.00000261. The van der Waals surface area contributed by atoms with Gasteiger partial charge in [0.05, 0.1) is 19.7 Å². The molecule has 1 saturated carbocycles. The molecule has 0 atom stereocenters. The number of aromatic nitrogens is 4. The minimum Gasteiger partial charge on any atom is -0.477 e. The Morgan fingerprint density at radius 1 is 1.41 bits per heavy atom. The van der Waals surface area contributed by atoms with Crippen LogP contribution in [-0.2, 0) is 20.1 Å². The van der Waals surface area contributed by atoms with Crippen molar-refractivity contribution < 1.29 is 4.74 Å². The van der Waals surface area contributed by atoms with E-state index in [1.54, 1.807) is 17.2 Å². The van der Waals surface area contributed by atoms with Gasteiger partial charge in [-0.2, -0.15) is 5.10 Å². The highest BCUT2D eigenvalue weighted by Gasteiger charge is 2.22. The average Bonchev–Trinajstić information content (AvgIpc) is 3.39. The van der Waals surface area contributed by atoms with E-state index in [2.05, 4.69) is 27.3 Å². The Labute approximate surface area is 177 Å². The molecule has 0 radical (unpaired) electrons. The van der Waals surface area contributed by atoms with Gasteiger partial charge in [0.2, 0.25) is 5.88 Å². The fraction of sp³-hybridized carbons (Fsp3) is 0.556. The third kappa shape index (κ3) is 6.64. The molecule has 0 bridgehead atoms. The minimum atomic E-state index is 0. The highest BCUT2D eigenvalue weighted by Crippen LogP contribution is 2.29. The van der Waals surface area contributed by atoms with Gasteiger partial charge in [-0.05, 0) is 37.3 Å². The number of halogens is 1. The minimum absolute atomic E-state index is 0. The van der Waals surface area contributed by atoms with Crippen LogP contribution in [0.1, 0.15) is 31.2 Å². The topological polar surface area (TPSA) is 80.5 Å². The number of aryl methyl sites for hydroxylation is 1. The number of guanidine groups is 1. The molecule has 27 heavy (non-hydrogen) atoms. The quantitative estimate of drug-likeness (QED) is 0.351. The van der Waals surface area contributed by atoms with Gasteiger partial charge in [-0.1, -0.05) is 0 Å². The summed E-state index contributed by atoms with van der Waals surface area (Å²) in [5.74, 6) is 3.11. The normalized spacial score (nSPS) is 13.8. The predicted molar refractivity (Wildman–Crippen MR) is 115 cm³/mol. The van der Waals surface area contributed by atoms with E-state index < -0.39 is 0 Å². The zero-order chi connectivity index (χ0) is 18.4. The molecule has 2 aromatic rings. The summed E-state index contributed by atoms with van der Waals surface area (Å²) in [6.07, 6.45) is 5.89. The van der Waals surface area contributed by atoms with Gasteiger partial charge >= 0.3 is 0 Å². The maximum atomic E-state index is 5.75. The van der Waals surface area contributed by atoms with Gasteiger partial charge in [0.1, 0.15) is 12.2 Å². The molecule has 0 saturated heterocycles. The first-order valence-corrected chi connectivity index (χ1v) is 9.05. The molecule has 0 amide bonds. The number of rotatable bonds is 8. The van der Waals surface area contributed by atoms with Gasteiger partial charge in [-0.3, -0.25) is 4.68 Å². The summed E-state index contributed by atoms with van der Waals surface area (Å²) in [4.78, 5) is 15.3. The first-order valence-electron chi connectivity index (χ1n) is 9.05. The number of hydrogen-bond acceptors (Lipinski definition) is 5. The standard InChI is InChI=1S/C18H27N7O.HI/c1-4-19-18(24(2)11-16-22-13-23-25(16)3)21-10-15-7-8-20-17(9-15)26-12-14-5-6-14;/h7-9,13-14H,4-6,10-12H2,1-3H3,(H,19,21);1H. The highest BCUT2D eigenvalue weighted by atomic mass is 127. The largest absolute Gasteiger partial charge is 0.477 e. The molecule has 8 nitrogen and oxygen atoms in total. The summed E-state index contributed by atoms with van der Waals surface area (Å²) < 4.78 is 7.52. The zero-order valence-corrected chi connectivity index (χ0v) is 18.5. The van der Waals surface area contributed by atoms with E-state index in [9.17, 15) is 0 Å². The Kier molecular flexibility index (Phi) is 8.26. The van der Waals surface area contributed by atoms with Crippen molar-refractivity contribution >= 4 is 29.9 Å². The van der Waals surface area contributed by atoms with Crippen LogP contribution >= 0.6 is 24.0 Å². The summed E-state index contributed by atoms with van der Waals surface area (Å²) in [6, 6.07) is 3.94. The monoisotopic (exact) mass is 485 g/mol. The molecule has 2 heterocycles. The molecule has 3 rings (SSSR count). The molecule has 0 spiro atoms. The summed E-state index contributed by atoms with van der Waals surface area (Å²) in [5.41, 5.74) is 1.08. The predicted octanol–water partition coefficient (Wildman–Crippen LogP) is 2.21. The van der Waals surface area contributed by atoms with Gasteiger partial charge in [0.25, 0.3) is 0 Å². The summed E-state index contributed by atoms with van der Waals surface area (Å²) in [5, 5.41) is 7.43. The second-order valence-corrected chi connectivity index (χ2v) is 6.58. The molecule has 148 valence electrons. The molecule has 9 heteroatoms. The van der Waals surface area contributed by atoms with Crippen LogP contribution in [0.4, 0.5) is 0 Å². The number of pyridine rings is 1. The van der Waals surface area contributed by atoms with E-state index in [0.29, 0.717) is 24.9 Å². The molecule has 0 aromatic carbocycles.